The molecular weight excluding hydrogens is 162 g/mol. The van der Waals surface area contributed by atoms with E-state index >= 15 is 0 Å². The number of anilines is 1. The molecule has 0 spiro atoms. The summed E-state index contributed by atoms with van der Waals surface area (Å²) in [5.41, 5.74) is 7.09. The van der Waals surface area contributed by atoms with Crippen molar-refractivity contribution in [3.8, 4) is 5.75 Å². The van der Waals surface area contributed by atoms with Crippen LogP contribution in [0.1, 0.15) is 19.4 Å². The quantitative estimate of drug-likeness (QED) is 0.682. The van der Waals surface area contributed by atoms with E-state index in [0.29, 0.717) is 11.6 Å². The van der Waals surface area contributed by atoms with Crippen LogP contribution in [0.15, 0.2) is 24.3 Å². The van der Waals surface area contributed by atoms with E-state index in [-0.39, 0.29) is 5.75 Å². The van der Waals surface area contributed by atoms with E-state index in [1.807, 2.05) is 12.1 Å². The van der Waals surface area contributed by atoms with Gasteiger partial charge < -0.3 is 10.8 Å². The Morgan fingerprint density at radius 3 is 2.54 bits per heavy atom. The molecule has 1 aromatic carbocycles. The van der Waals surface area contributed by atoms with Crippen LogP contribution < -0.4 is 5.73 Å². The van der Waals surface area contributed by atoms with Crippen LogP contribution in [0, 0.1) is 5.92 Å². The molecule has 0 saturated carbocycles. The number of phenolic OH excluding ortho intramolecular Hbond substituents is 1. The number of nitrogens with two attached hydrogens (primary N) is 1. The van der Waals surface area contributed by atoms with E-state index in [1.54, 1.807) is 6.07 Å². The number of nitrogen functional groups attached to an aromatic ring is 1. The van der Waals surface area contributed by atoms with Crippen molar-refractivity contribution >= 4 is 11.8 Å². The Bertz CT molecular complexity index is 296. The van der Waals surface area contributed by atoms with Crippen molar-refractivity contribution in [2.45, 2.75) is 13.8 Å². The zero-order valence-corrected chi connectivity index (χ0v) is 7.99. The SMILES string of the molecule is CC(C)/C=C/c1cc(N)cc(O)c1. The van der Waals surface area contributed by atoms with Crippen molar-refractivity contribution in [1.29, 1.82) is 0 Å². The van der Waals surface area contributed by atoms with Crippen LogP contribution in [0.4, 0.5) is 5.69 Å². The molecule has 0 aromatic heterocycles. The first-order chi connectivity index (χ1) is 6.08. The van der Waals surface area contributed by atoms with Crippen LogP contribution in [-0.4, -0.2) is 5.11 Å². The first kappa shape index (κ1) is 9.65. The highest BCUT2D eigenvalue weighted by molar-refractivity contribution is 5.58. The van der Waals surface area contributed by atoms with Gasteiger partial charge in [-0.15, -0.1) is 0 Å². The van der Waals surface area contributed by atoms with Gasteiger partial charge >= 0.3 is 0 Å². The first-order valence-corrected chi connectivity index (χ1v) is 4.35. The van der Waals surface area contributed by atoms with Crippen LogP contribution >= 0.6 is 0 Å². The summed E-state index contributed by atoms with van der Waals surface area (Å²) in [6.07, 6.45) is 4.02. The van der Waals surface area contributed by atoms with Gasteiger partial charge in [0.25, 0.3) is 0 Å². The molecule has 1 aromatic rings. The molecule has 0 unspecified atom stereocenters. The Balaban J connectivity index is 2.89. The average molecular weight is 177 g/mol. The Morgan fingerprint density at radius 1 is 1.31 bits per heavy atom. The molecule has 0 atom stereocenters. The van der Waals surface area contributed by atoms with Crippen molar-refractivity contribution < 1.29 is 5.11 Å². The summed E-state index contributed by atoms with van der Waals surface area (Å²) in [5, 5.41) is 9.25. The van der Waals surface area contributed by atoms with E-state index in [2.05, 4.69) is 19.9 Å². The number of aromatic hydroxyl groups is 1. The highest BCUT2D eigenvalue weighted by Crippen LogP contribution is 2.18. The average Bonchev–Trinajstić information content (AvgIpc) is 1.99. The van der Waals surface area contributed by atoms with Gasteiger partial charge in [-0.1, -0.05) is 26.0 Å². The fourth-order valence-electron chi connectivity index (χ4n) is 1.06. The molecule has 0 amide bonds. The number of benzene rings is 1. The van der Waals surface area contributed by atoms with E-state index < -0.39 is 0 Å². The third-order valence-electron chi connectivity index (χ3n) is 1.64. The zero-order valence-electron chi connectivity index (χ0n) is 7.99. The van der Waals surface area contributed by atoms with E-state index in [0.717, 1.165) is 5.56 Å². The van der Waals surface area contributed by atoms with Crippen LogP contribution in [0.3, 0.4) is 0 Å². The van der Waals surface area contributed by atoms with Crippen LogP contribution in [-0.2, 0) is 0 Å². The first-order valence-electron chi connectivity index (χ1n) is 4.35. The van der Waals surface area contributed by atoms with Gasteiger partial charge in [-0.05, 0) is 23.6 Å². The molecule has 0 aliphatic carbocycles. The largest absolute Gasteiger partial charge is 0.508 e. The maximum absolute atomic E-state index is 9.25. The van der Waals surface area contributed by atoms with Gasteiger partial charge in [0, 0.05) is 11.8 Å². The fourth-order valence-corrected chi connectivity index (χ4v) is 1.06. The predicted octanol–water partition coefficient (Wildman–Crippen LogP) is 2.64. The van der Waals surface area contributed by atoms with Crippen molar-refractivity contribution in [3.05, 3.63) is 29.8 Å². The standard InChI is InChI=1S/C11H15NO/c1-8(2)3-4-9-5-10(12)7-11(13)6-9/h3-8,13H,12H2,1-2H3/b4-3+. The molecule has 2 heteroatoms. The highest BCUT2D eigenvalue weighted by Gasteiger charge is 1.94. The van der Waals surface area contributed by atoms with Crippen LogP contribution in [0.5, 0.6) is 5.75 Å². The Labute approximate surface area is 78.7 Å². The molecule has 3 N–H and O–H groups in total. The summed E-state index contributed by atoms with van der Waals surface area (Å²) in [6.45, 7) is 4.20. The topological polar surface area (TPSA) is 46.2 Å². The van der Waals surface area contributed by atoms with Crippen molar-refractivity contribution in [2.24, 2.45) is 5.92 Å². The third-order valence-corrected chi connectivity index (χ3v) is 1.64. The molecule has 0 aliphatic heterocycles. The fraction of sp³-hybridized carbons (Fsp3) is 0.273. The van der Waals surface area contributed by atoms with Gasteiger partial charge in [0.2, 0.25) is 0 Å². The molecule has 13 heavy (non-hydrogen) atoms. The Kier molecular flexibility index (Phi) is 2.96. The monoisotopic (exact) mass is 177 g/mol. The second-order valence-electron chi connectivity index (χ2n) is 3.46. The number of hydrogen-bond acceptors (Lipinski definition) is 2. The Morgan fingerprint density at radius 2 is 2.00 bits per heavy atom. The molecule has 1 rings (SSSR count). The van der Waals surface area contributed by atoms with Gasteiger partial charge in [-0.3, -0.25) is 0 Å². The van der Waals surface area contributed by atoms with Crippen molar-refractivity contribution in [3.63, 3.8) is 0 Å². The minimum Gasteiger partial charge on any atom is -0.508 e. The van der Waals surface area contributed by atoms with Gasteiger partial charge in [-0.2, -0.15) is 0 Å². The lowest BCUT2D eigenvalue weighted by atomic mass is 10.1. The second-order valence-corrected chi connectivity index (χ2v) is 3.46. The summed E-state index contributed by atoms with van der Waals surface area (Å²) >= 11 is 0. The molecule has 2 nitrogen and oxygen atoms in total. The molecule has 70 valence electrons. The molecule has 0 radical (unpaired) electrons. The molecule has 0 fully saturated rings. The number of phenols is 1. The van der Waals surface area contributed by atoms with E-state index in [9.17, 15) is 5.11 Å². The summed E-state index contributed by atoms with van der Waals surface area (Å²) in [4.78, 5) is 0. The maximum atomic E-state index is 9.25. The summed E-state index contributed by atoms with van der Waals surface area (Å²) in [7, 11) is 0. The number of rotatable bonds is 2. The predicted molar refractivity (Wildman–Crippen MR) is 56.4 cm³/mol. The van der Waals surface area contributed by atoms with Crippen LogP contribution in [0.25, 0.3) is 6.08 Å². The molecular formula is C11H15NO. The van der Waals surface area contributed by atoms with E-state index in [1.165, 1.54) is 6.07 Å². The Hall–Kier alpha value is -1.44. The minimum absolute atomic E-state index is 0.211. The normalized spacial score (nSPS) is 11.3. The second kappa shape index (κ2) is 3.99. The molecule has 0 aliphatic rings. The highest BCUT2D eigenvalue weighted by atomic mass is 16.3. The van der Waals surface area contributed by atoms with Crippen molar-refractivity contribution in [2.75, 3.05) is 5.73 Å². The van der Waals surface area contributed by atoms with Crippen LogP contribution in [0.2, 0.25) is 0 Å². The molecule has 0 bridgehead atoms. The summed E-state index contributed by atoms with van der Waals surface area (Å²) in [5.74, 6) is 0.715. The zero-order chi connectivity index (χ0) is 9.84. The minimum atomic E-state index is 0.211. The number of allylic oxidation sites excluding steroid dienone is 1. The molecule has 0 heterocycles. The van der Waals surface area contributed by atoms with Gasteiger partial charge in [0.1, 0.15) is 5.75 Å². The van der Waals surface area contributed by atoms with Gasteiger partial charge in [-0.25, -0.2) is 0 Å². The maximum Gasteiger partial charge on any atom is 0.118 e. The van der Waals surface area contributed by atoms with E-state index in [4.69, 9.17) is 5.73 Å². The smallest absolute Gasteiger partial charge is 0.118 e. The lowest BCUT2D eigenvalue weighted by molar-refractivity contribution is 0.475. The van der Waals surface area contributed by atoms with Gasteiger partial charge in [0.15, 0.2) is 0 Å². The van der Waals surface area contributed by atoms with Gasteiger partial charge in [0.05, 0.1) is 0 Å². The summed E-state index contributed by atoms with van der Waals surface area (Å²) < 4.78 is 0. The lowest BCUT2D eigenvalue weighted by Gasteiger charge is -1.99. The third kappa shape index (κ3) is 3.20. The number of hydrogen-bond donors (Lipinski definition) is 2. The van der Waals surface area contributed by atoms with Crippen molar-refractivity contribution in [1.82, 2.24) is 0 Å². The lowest BCUT2D eigenvalue weighted by Crippen LogP contribution is -1.85. The molecule has 0 saturated heterocycles. The summed E-state index contributed by atoms with van der Waals surface area (Å²) in [6, 6.07) is 5.06.